The molecule has 1 aliphatic heterocycles. The van der Waals surface area contributed by atoms with Gasteiger partial charge in [0.25, 0.3) is 0 Å². The molecule has 1 saturated heterocycles. The lowest BCUT2D eigenvalue weighted by atomic mass is 10.0. The molecule has 1 fully saturated rings. The summed E-state index contributed by atoms with van der Waals surface area (Å²) in [5.41, 5.74) is 0. The van der Waals surface area contributed by atoms with Crippen LogP contribution in [0.4, 0.5) is 0 Å². The van der Waals surface area contributed by atoms with Crippen molar-refractivity contribution in [3.63, 3.8) is 0 Å². The fourth-order valence-corrected chi connectivity index (χ4v) is 1.09. The molecular weight excluding hydrogens is 236 g/mol. The van der Waals surface area contributed by atoms with Gasteiger partial charge in [0.15, 0.2) is 0 Å². The Labute approximate surface area is 98.3 Å². The summed E-state index contributed by atoms with van der Waals surface area (Å²) in [5.74, 6) is 0. The first-order valence-electron chi connectivity index (χ1n) is 5.14. The number of ether oxygens (including phenoxy) is 1. The van der Waals surface area contributed by atoms with Crippen LogP contribution in [0.1, 0.15) is 0 Å². The molecule has 1 heterocycles. The van der Waals surface area contributed by atoms with Gasteiger partial charge in [0.2, 0.25) is 0 Å². The molecular formula is C9H20O8. The lowest BCUT2D eigenvalue weighted by molar-refractivity contribution is -0.195. The van der Waals surface area contributed by atoms with Crippen LogP contribution in [0.3, 0.4) is 0 Å². The van der Waals surface area contributed by atoms with E-state index in [1.807, 2.05) is 0 Å². The van der Waals surface area contributed by atoms with Gasteiger partial charge in [-0.15, -0.1) is 0 Å². The second kappa shape index (κ2) is 8.72. The Hall–Kier alpha value is -0.320. The van der Waals surface area contributed by atoms with Crippen LogP contribution in [-0.2, 0) is 4.74 Å². The maximum Gasteiger partial charge on any atom is 0.111 e. The molecule has 0 spiro atoms. The third kappa shape index (κ3) is 5.70. The summed E-state index contributed by atoms with van der Waals surface area (Å²) in [4.78, 5) is 0. The van der Waals surface area contributed by atoms with Crippen molar-refractivity contribution < 1.29 is 40.5 Å². The fourth-order valence-electron chi connectivity index (χ4n) is 1.09. The molecule has 7 N–H and O–H groups in total. The van der Waals surface area contributed by atoms with Crippen LogP contribution >= 0.6 is 0 Å². The SMILES string of the molecule is OCC(O)CO.OC[C@H]1OC[C@H](O)[C@@H](O)[C@@H]1O. The highest BCUT2D eigenvalue weighted by Gasteiger charge is 2.36. The molecule has 4 atom stereocenters. The predicted molar refractivity (Wildman–Crippen MR) is 55.0 cm³/mol. The lowest BCUT2D eigenvalue weighted by Gasteiger charge is -2.34. The molecule has 1 aliphatic rings. The monoisotopic (exact) mass is 256 g/mol. The van der Waals surface area contributed by atoms with Crippen LogP contribution < -0.4 is 0 Å². The van der Waals surface area contributed by atoms with E-state index in [1.54, 1.807) is 0 Å². The van der Waals surface area contributed by atoms with Crippen molar-refractivity contribution in [2.45, 2.75) is 30.5 Å². The molecule has 0 radical (unpaired) electrons. The van der Waals surface area contributed by atoms with Crippen molar-refractivity contribution in [1.29, 1.82) is 0 Å². The first kappa shape index (κ1) is 16.7. The standard InChI is InChI=1S/C6H12O5.C3H8O3/c7-1-4-6(10)5(9)3(8)2-11-4;4-1-3(6)2-5/h3-10H,1-2H2;3-6H,1-2H2/t3-,4+,5+,6+;/m0./s1. The van der Waals surface area contributed by atoms with E-state index in [0.717, 1.165) is 0 Å². The van der Waals surface area contributed by atoms with Crippen LogP contribution in [-0.4, -0.2) is 92.7 Å². The van der Waals surface area contributed by atoms with Crippen LogP contribution in [0.25, 0.3) is 0 Å². The maximum absolute atomic E-state index is 9.11. The number of aliphatic hydroxyl groups is 7. The van der Waals surface area contributed by atoms with Crippen LogP contribution in [0.5, 0.6) is 0 Å². The van der Waals surface area contributed by atoms with E-state index in [4.69, 9.17) is 40.5 Å². The topological polar surface area (TPSA) is 151 Å². The molecule has 0 unspecified atom stereocenters. The smallest absolute Gasteiger partial charge is 0.111 e. The van der Waals surface area contributed by atoms with Crippen molar-refractivity contribution >= 4 is 0 Å². The van der Waals surface area contributed by atoms with Crippen molar-refractivity contribution in [3.8, 4) is 0 Å². The van der Waals surface area contributed by atoms with Gasteiger partial charge in [-0.25, -0.2) is 0 Å². The van der Waals surface area contributed by atoms with Gasteiger partial charge in [0.05, 0.1) is 26.4 Å². The first-order valence-corrected chi connectivity index (χ1v) is 5.14. The number of aliphatic hydroxyl groups excluding tert-OH is 7. The molecule has 0 aromatic carbocycles. The van der Waals surface area contributed by atoms with E-state index < -0.39 is 30.5 Å². The zero-order chi connectivity index (χ0) is 13.4. The third-order valence-electron chi connectivity index (χ3n) is 2.21. The summed E-state index contributed by atoms with van der Waals surface area (Å²) < 4.78 is 4.81. The summed E-state index contributed by atoms with van der Waals surface area (Å²) >= 11 is 0. The molecule has 17 heavy (non-hydrogen) atoms. The average molecular weight is 256 g/mol. The number of hydrogen-bond donors (Lipinski definition) is 7. The average Bonchev–Trinajstić information content (AvgIpc) is 2.36. The molecule has 104 valence electrons. The van der Waals surface area contributed by atoms with E-state index in [9.17, 15) is 0 Å². The molecule has 0 aromatic rings. The Morgan fingerprint density at radius 3 is 1.88 bits per heavy atom. The minimum atomic E-state index is -1.22. The van der Waals surface area contributed by atoms with E-state index >= 15 is 0 Å². The Balaban J connectivity index is 0.000000366. The summed E-state index contributed by atoms with van der Waals surface area (Å²) in [5, 5.41) is 59.7. The van der Waals surface area contributed by atoms with Gasteiger partial charge in [0, 0.05) is 0 Å². The first-order chi connectivity index (χ1) is 7.97. The van der Waals surface area contributed by atoms with Crippen LogP contribution in [0, 0.1) is 0 Å². The Bertz CT molecular complexity index is 184. The van der Waals surface area contributed by atoms with E-state index in [-0.39, 0.29) is 26.4 Å². The lowest BCUT2D eigenvalue weighted by Crippen LogP contribution is -2.53. The summed E-state index contributed by atoms with van der Waals surface area (Å²) in [6.07, 6.45) is -5.23. The molecule has 0 amide bonds. The second-order valence-electron chi connectivity index (χ2n) is 3.62. The molecule has 0 aromatic heterocycles. The number of rotatable bonds is 3. The Kier molecular flexibility index (Phi) is 8.56. The normalized spacial score (nSPS) is 33.2. The van der Waals surface area contributed by atoms with Crippen molar-refractivity contribution in [2.24, 2.45) is 0 Å². The predicted octanol–water partition coefficient (Wildman–Crippen LogP) is -4.21. The third-order valence-corrected chi connectivity index (χ3v) is 2.21. The second-order valence-corrected chi connectivity index (χ2v) is 3.62. The van der Waals surface area contributed by atoms with Gasteiger partial charge in [-0.05, 0) is 0 Å². The fraction of sp³-hybridized carbons (Fsp3) is 1.00. The zero-order valence-corrected chi connectivity index (χ0v) is 9.25. The summed E-state index contributed by atoms with van der Waals surface area (Å²) in [7, 11) is 0. The Morgan fingerprint density at radius 2 is 1.53 bits per heavy atom. The van der Waals surface area contributed by atoms with Gasteiger partial charge in [0.1, 0.15) is 30.5 Å². The summed E-state index contributed by atoms with van der Waals surface area (Å²) in [6.45, 7) is -1.14. The van der Waals surface area contributed by atoms with E-state index in [1.165, 1.54) is 0 Å². The largest absolute Gasteiger partial charge is 0.394 e. The highest BCUT2D eigenvalue weighted by atomic mass is 16.5. The van der Waals surface area contributed by atoms with Crippen molar-refractivity contribution in [3.05, 3.63) is 0 Å². The summed E-state index contributed by atoms with van der Waals surface area (Å²) in [6, 6.07) is 0. The molecule has 1 rings (SSSR count). The van der Waals surface area contributed by atoms with Gasteiger partial charge >= 0.3 is 0 Å². The minimum absolute atomic E-state index is 0.0521. The zero-order valence-electron chi connectivity index (χ0n) is 9.25. The highest BCUT2D eigenvalue weighted by Crippen LogP contribution is 2.14. The minimum Gasteiger partial charge on any atom is -0.394 e. The van der Waals surface area contributed by atoms with Crippen LogP contribution in [0.15, 0.2) is 0 Å². The molecule has 8 heteroatoms. The molecule has 8 nitrogen and oxygen atoms in total. The quantitative estimate of drug-likeness (QED) is 0.268. The molecule has 0 saturated carbocycles. The van der Waals surface area contributed by atoms with E-state index in [0.29, 0.717) is 0 Å². The maximum atomic E-state index is 9.11. The highest BCUT2D eigenvalue weighted by molar-refractivity contribution is 4.85. The van der Waals surface area contributed by atoms with Crippen molar-refractivity contribution in [1.82, 2.24) is 0 Å². The van der Waals surface area contributed by atoms with E-state index in [2.05, 4.69) is 0 Å². The van der Waals surface area contributed by atoms with Gasteiger partial charge in [-0.3, -0.25) is 0 Å². The number of hydrogen-bond acceptors (Lipinski definition) is 8. The Morgan fingerprint density at radius 1 is 1.00 bits per heavy atom. The van der Waals surface area contributed by atoms with Gasteiger partial charge < -0.3 is 40.5 Å². The van der Waals surface area contributed by atoms with Gasteiger partial charge in [-0.2, -0.15) is 0 Å². The van der Waals surface area contributed by atoms with Gasteiger partial charge in [-0.1, -0.05) is 0 Å². The van der Waals surface area contributed by atoms with Crippen molar-refractivity contribution in [2.75, 3.05) is 26.4 Å². The van der Waals surface area contributed by atoms with Crippen LogP contribution in [0.2, 0.25) is 0 Å². The molecule has 0 bridgehead atoms. The molecule has 0 aliphatic carbocycles.